The quantitative estimate of drug-likeness (QED) is 0.194. The zero-order valence-electron chi connectivity index (χ0n) is 18.7. The van der Waals surface area contributed by atoms with Crippen LogP contribution in [0, 0.1) is 9.37 Å². The molecule has 0 unspecified atom stereocenters. The topological polar surface area (TPSA) is 66.1 Å². The van der Waals surface area contributed by atoms with Crippen molar-refractivity contribution in [2.45, 2.75) is 25.9 Å². The molecule has 0 atom stereocenters. The molecule has 0 spiro atoms. The normalized spacial score (nSPS) is 11.6. The molecule has 0 aliphatic carbocycles. The maximum absolute atomic E-state index is 13.7. The first-order chi connectivity index (χ1) is 15.7. The number of para-hydroxylation sites is 1. The summed E-state index contributed by atoms with van der Waals surface area (Å²) in [5, 5.41) is 0.445. The number of benzene rings is 2. The van der Waals surface area contributed by atoms with Gasteiger partial charge in [-0.15, -0.1) is 0 Å². The minimum atomic E-state index is -0.481. The fourth-order valence-electron chi connectivity index (χ4n) is 3.16. The number of methoxy groups -OCH3 is 1. The monoisotopic (exact) mass is 497 g/mol. The van der Waals surface area contributed by atoms with Gasteiger partial charge >= 0.3 is 0 Å². The third-order valence-electron chi connectivity index (χ3n) is 5.07. The lowest BCUT2D eigenvalue weighted by molar-refractivity contribution is -0.123. The molecule has 4 aromatic rings. The van der Waals surface area contributed by atoms with Gasteiger partial charge in [-0.1, -0.05) is 68.1 Å². The standard InChI is InChI=1S/C24H23N3O3S3/c1-24(2,3)18(28)14-32-22-25-20-19(21(29)27(22)15-9-6-5-7-10-15)33-23(31)26(20)16-11-8-12-17(13-16)30-4/h5-13H,14H2,1-4H3. The number of Topliss-reactive ketones (excluding diaryl/α,β-unsaturated/α-hetero) is 1. The van der Waals surface area contributed by atoms with E-state index in [1.54, 1.807) is 16.2 Å². The molecule has 9 heteroatoms. The van der Waals surface area contributed by atoms with Crippen LogP contribution in [0.15, 0.2) is 64.5 Å². The van der Waals surface area contributed by atoms with E-state index in [-0.39, 0.29) is 17.1 Å². The number of ether oxygens (including phenoxy) is 1. The van der Waals surface area contributed by atoms with Crippen molar-refractivity contribution in [1.82, 2.24) is 14.1 Å². The lowest BCUT2D eigenvalue weighted by atomic mass is 9.92. The second-order valence-electron chi connectivity index (χ2n) is 8.39. The minimum absolute atomic E-state index is 0.0800. The van der Waals surface area contributed by atoms with Crippen molar-refractivity contribution in [2.24, 2.45) is 5.41 Å². The lowest BCUT2D eigenvalue weighted by Gasteiger charge is -2.17. The van der Waals surface area contributed by atoms with Crippen molar-refractivity contribution in [3.63, 3.8) is 0 Å². The van der Waals surface area contributed by atoms with E-state index in [1.807, 2.05) is 75.4 Å². The molecule has 0 saturated carbocycles. The highest BCUT2D eigenvalue weighted by Crippen LogP contribution is 2.29. The number of nitrogens with zero attached hydrogens (tertiary/aromatic N) is 3. The number of hydrogen-bond donors (Lipinski definition) is 0. The van der Waals surface area contributed by atoms with Crippen LogP contribution in [0.1, 0.15) is 20.8 Å². The molecule has 0 aliphatic heterocycles. The van der Waals surface area contributed by atoms with Gasteiger partial charge in [0.15, 0.2) is 14.8 Å². The maximum atomic E-state index is 13.7. The number of thiazole rings is 1. The molecule has 2 aromatic carbocycles. The molecule has 4 rings (SSSR count). The van der Waals surface area contributed by atoms with Crippen LogP contribution in [0.5, 0.6) is 5.75 Å². The summed E-state index contributed by atoms with van der Waals surface area (Å²) in [6, 6.07) is 16.8. The Morgan fingerprint density at radius 1 is 1.09 bits per heavy atom. The largest absolute Gasteiger partial charge is 0.497 e. The van der Waals surface area contributed by atoms with E-state index in [9.17, 15) is 9.59 Å². The Hall–Kier alpha value is -2.75. The number of thioether (sulfide) groups is 1. The van der Waals surface area contributed by atoms with Gasteiger partial charge in [-0.3, -0.25) is 18.7 Å². The first-order valence-corrected chi connectivity index (χ1v) is 12.5. The number of carbonyl (C=O) groups excluding carboxylic acids is 1. The Balaban J connectivity index is 1.95. The lowest BCUT2D eigenvalue weighted by Crippen LogP contribution is -2.24. The Morgan fingerprint density at radius 3 is 2.45 bits per heavy atom. The summed E-state index contributed by atoms with van der Waals surface area (Å²) in [4.78, 5) is 31.1. The summed E-state index contributed by atoms with van der Waals surface area (Å²) >= 11 is 8.11. The van der Waals surface area contributed by atoms with E-state index in [4.69, 9.17) is 21.9 Å². The van der Waals surface area contributed by atoms with Crippen molar-refractivity contribution in [3.05, 3.63) is 68.9 Å². The number of ketones is 1. The fraction of sp³-hybridized carbons (Fsp3) is 0.250. The van der Waals surface area contributed by atoms with Crippen molar-refractivity contribution in [2.75, 3.05) is 12.9 Å². The Kier molecular flexibility index (Phi) is 6.56. The summed E-state index contributed by atoms with van der Waals surface area (Å²) in [5.74, 6) is 0.964. The fourth-order valence-corrected chi connectivity index (χ4v) is 5.63. The van der Waals surface area contributed by atoms with Gasteiger partial charge in [-0.25, -0.2) is 4.98 Å². The predicted octanol–water partition coefficient (Wildman–Crippen LogP) is 5.68. The molecule has 0 saturated heterocycles. The highest BCUT2D eigenvalue weighted by molar-refractivity contribution is 7.99. The van der Waals surface area contributed by atoms with Crippen LogP contribution in [-0.4, -0.2) is 32.8 Å². The molecule has 0 aliphatic rings. The minimum Gasteiger partial charge on any atom is -0.497 e. The van der Waals surface area contributed by atoms with E-state index in [1.165, 1.54) is 23.1 Å². The van der Waals surface area contributed by atoms with Crippen LogP contribution in [0.4, 0.5) is 0 Å². The molecule has 2 aromatic heterocycles. The summed E-state index contributed by atoms with van der Waals surface area (Å²) in [6.45, 7) is 5.65. The predicted molar refractivity (Wildman–Crippen MR) is 137 cm³/mol. The molecule has 33 heavy (non-hydrogen) atoms. The average molecular weight is 498 g/mol. The highest BCUT2D eigenvalue weighted by Gasteiger charge is 2.24. The van der Waals surface area contributed by atoms with Gasteiger partial charge in [0.25, 0.3) is 5.56 Å². The number of hydrogen-bond acceptors (Lipinski definition) is 7. The summed E-state index contributed by atoms with van der Waals surface area (Å²) in [7, 11) is 1.60. The van der Waals surface area contributed by atoms with Crippen LogP contribution in [-0.2, 0) is 4.79 Å². The number of aromatic nitrogens is 3. The smallest absolute Gasteiger partial charge is 0.278 e. The average Bonchev–Trinajstić information content (AvgIpc) is 3.13. The van der Waals surface area contributed by atoms with Gasteiger partial charge in [-0.05, 0) is 36.5 Å². The van der Waals surface area contributed by atoms with E-state index < -0.39 is 5.41 Å². The molecule has 0 fully saturated rings. The van der Waals surface area contributed by atoms with E-state index in [2.05, 4.69) is 0 Å². The zero-order valence-corrected chi connectivity index (χ0v) is 21.1. The van der Waals surface area contributed by atoms with Gasteiger partial charge in [0.05, 0.1) is 24.2 Å². The van der Waals surface area contributed by atoms with Gasteiger partial charge in [0.1, 0.15) is 16.2 Å². The molecular formula is C24H23N3O3S3. The molecule has 2 heterocycles. The number of carbonyl (C=O) groups is 1. The van der Waals surface area contributed by atoms with E-state index in [0.717, 1.165) is 5.69 Å². The van der Waals surface area contributed by atoms with Gasteiger partial charge in [0, 0.05) is 11.5 Å². The highest BCUT2D eigenvalue weighted by atomic mass is 32.2. The molecule has 170 valence electrons. The van der Waals surface area contributed by atoms with Crippen LogP contribution < -0.4 is 10.3 Å². The Labute approximate surface area is 204 Å². The van der Waals surface area contributed by atoms with Crippen LogP contribution in [0.25, 0.3) is 21.7 Å². The summed E-state index contributed by atoms with van der Waals surface area (Å²) < 4.78 is 9.66. The van der Waals surface area contributed by atoms with Crippen LogP contribution >= 0.6 is 35.3 Å². The van der Waals surface area contributed by atoms with Gasteiger partial charge in [-0.2, -0.15) is 0 Å². The second kappa shape index (κ2) is 9.24. The van der Waals surface area contributed by atoms with Crippen molar-refractivity contribution >= 4 is 51.4 Å². The molecule has 0 bridgehead atoms. The van der Waals surface area contributed by atoms with E-state index in [0.29, 0.717) is 30.9 Å². The first kappa shape index (κ1) is 23.4. The first-order valence-electron chi connectivity index (χ1n) is 10.3. The van der Waals surface area contributed by atoms with Crippen LogP contribution in [0.3, 0.4) is 0 Å². The van der Waals surface area contributed by atoms with E-state index >= 15 is 0 Å². The third-order valence-corrected chi connectivity index (χ3v) is 7.36. The molecule has 6 nitrogen and oxygen atoms in total. The molecule has 0 amide bonds. The molecule has 0 N–H and O–H groups in total. The van der Waals surface area contributed by atoms with Crippen LogP contribution in [0.2, 0.25) is 0 Å². The number of rotatable bonds is 6. The summed E-state index contributed by atoms with van der Waals surface area (Å²) in [6.07, 6.45) is 0. The molecular weight excluding hydrogens is 474 g/mol. The van der Waals surface area contributed by atoms with Crippen molar-refractivity contribution in [3.8, 4) is 17.1 Å². The van der Waals surface area contributed by atoms with Crippen molar-refractivity contribution < 1.29 is 9.53 Å². The number of fused-ring (bicyclic) bond motifs is 1. The van der Waals surface area contributed by atoms with Gasteiger partial charge < -0.3 is 4.74 Å². The zero-order chi connectivity index (χ0) is 23.8. The second-order valence-corrected chi connectivity index (χ2v) is 11.0. The Bertz CT molecular complexity index is 1450. The molecule has 0 radical (unpaired) electrons. The third kappa shape index (κ3) is 4.66. The van der Waals surface area contributed by atoms with Gasteiger partial charge in [0.2, 0.25) is 0 Å². The summed E-state index contributed by atoms with van der Waals surface area (Å²) in [5.41, 5.74) is 1.23. The Morgan fingerprint density at radius 2 is 1.79 bits per heavy atom. The maximum Gasteiger partial charge on any atom is 0.278 e. The van der Waals surface area contributed by atoms with Crippen molar-refractivity contribution in [1.29, 1.82) is 0 Å². The SMILES string of the molecule is COc1cccc(-n2c(=S)sc3c(=O)n(-c4ccccc4)c(SCC(=O)C(C)(C)C)nc32)c1.